The van der Waals surface area contributed by atoms with Gasteiger partial charge >= 0.3 is 5.97 Å². The number of benzene rings is 1. The van der Waals surface area contributed by atoms with Crippen molar-refractivity contribution in [2.45, 2.75) is 36.8 Å². The number of piperazine rings is 1. The van der Waals surface area contributed by atoms with Crippen molar-refractivity contribution < 1.29 is 54.9 Å². The predicted molar refractivity (Wildman–Crippen MR) is 156 cm³/mol. The molecule has 2 fully saturated rings. The van der Waals surface area contributed by atoms with Crippen molar-refractivity contribution in [3.63, 3.8) is 0 Å². The van der Waals surface area contributed by atoms with Crippen molar-refractivity contribution in [1.29, 1.82) is 0 Å². The zero-order valence-corrected chi connectivity index (χ0v) is 25.1. The van der Waals surface area contributed by atoms with E-state index in [1.807, 2.05) is 4.90 Å². The summed E-state index contributed by atoms with van der Waals surface area (Å²) in [4.78, 5) is 58.7. The molecule has 15 nitrogen and oxygen atoms in total. The van der Waals surface area contributed by atoms with Gasteiger partial charge < -0.3 is 41.1 Å². The third kappa shape index (κ3) is 4.90. The predicted octanol–water partition coefficient (Wildman–Crippen LogP) is -1.72. The maximum atomic E-state index is 14.2. The molecule has 15 heteroatoms. The Morgan fingerprint density at radius 3 is 2.31 bits per heavy atom. The van der Waals surface area contributed by atoms with Gasteiger partial charge in [0, 0.05) is 50.1 Å². The first-order valence-corrected chi connectivity index (χ1v) is 14.6. The van der Waals surface area contributed by atoms with E-state index < -0.39 is 87.1 Å². The van der Waals surface area contributed by atoms with Gasteiger partial charge in [0.05, 0.1) is 23.8 Å². The minimum atomic E-state index is -2.93. The maximum absolute atomic E-state index is 14.2. The molecule has 0 spiro atoms. The van der Waals surface area contributed by atoms with Crippen molar-refractivity contribution in [2.75, 3.05) is 53.4 Å². The Kier molecular flexibility index (Phi) is 8.31. The van der Waals surface area contributed by atoms with E-state index in [0.717, 1.165) is 0 Å². The molecule has 1 aromatic carbocycles. The summed E-state index contributed by atoms with van der Waals surface area (Å²) in [5.74, 6) is -10.1. The molecule has 45 heavy (non-hydrogen) atoms. The zero-order chi connectivity index (χ0) is 33.2. The van der Waals surface area contributed by atoms with Crippen LogP contribution in [0.1, 0.15) is 24.5 Å². The highest BCUT2D eigenvalue weighted by atomic mass is 16.4. The third-order valence-electron chi connectivity index (χ3n) is 9.69. The Balaban J connectivity index is 1.58. The van der Waals surface area contributed by atoms with E-state index in [1.165, 1.54) is 49.0 Å². The smallest absolute Gasteiger partial charge is 0.341 e. The van der Waals surface area contributed by atoms with Gasteiger partial charge in [-0.25, -0.2) is 4.79 Å². The lowest BCUT2D eigenvalue weighted by molar-refractivity contribution is -0.159. The number of amides is 1. The molecular formula is C30H38N4O11. The molecule has 3 aliphatic carbocycles. The molecule has 1 unspecified atom stereocenters. The number of likely N-dealkylation sites (N-methyl/N-ethyl adjacent to an activating group) is 1. The Morgan fingerprint density at radius 1 is 1.09 bits per heavy atom. The molecule has 5 rings (SSSR count). The minimum Gasteiger partial charge on any atom is -0.508 e. The summed E-state index contributed by atoms with van der Waals surface area (Å²) in [7, 11) is 2.93. The van der Waals surface area contributed by atoms with Crippen molar-refractivity contribution in [3.05, 3.63) is 46.2 Å². The highest BCUT2D eigenvalue weighted by molar-refractivity contribution is 6.25. The molecule has 4 aliphatic rings. The number of carboxylic acids is 1. The van der Waals surface area contributed by atoms with Crippen molar-refractivity contribution >= 4 is 29.2 Å². The van der Waals surface area contributed by atoms with Crippen LogP contribution in [0.4, 0.5) is 0 Å². The van der Waals surface area contributed by atoms with Crippen LogP contribution in [0.15, 0.2) is 35.1 Å². The number of nitrogens with zero attached hydrogens (tertiary/aromatic N) is 3. The van der Waals surface area contributed by atoms with Gasteiger partial charge in [-0.05, 0) is 39.1 Å². The van der Waals surface area contributed by atoms with Gasteiger partial charge in [0.15, 0.2) is 17.6 Å². The normalized spacial score (nSPS) is 31.4. The first kappa shape index (κ1) is 32.5. The van der Waals surface area contributed by atoms with Gasteiger partial charge in [0.25, 0.3) is 5.91 Å². The van der Waals surface area contributed by atoms with Gasteiger partial charge in [0.2, 0.25) is 5.78 Å². The summed E-state index contributed by atoms with van der Waals surface area (Å²) in [6.45, 7) is 2.88. The second kappa shape index (κ2) is 11.5. The van der Waals surface area contributed by atoms with Crippen LogP contribution in [0.2, 0.25) is 0 Å². The van der Waals surface area contributed by atoms with Crippen molar-refractivity contribution in [3.8, 4) is 5.75 Å². The fourth-order valence-corrected chi connectivity index (χ4v) is 7.37. The molecule has 1 aromatic rings. The molecule has 1 heterocycles. The van der Waals surface area contributed by atoms with Gasteiger partial charge in [-0.3, -0.25) is 29.1 Å². The van der Waals surface area contributed by atoms with Gasteiger partial charge in [-0.1, -0.05) is 12.1 Å². The second-order valence-corrected chi connectivity index (χ2v) is 12.4. The van der Waals surface area contributed by atoms with Crippen LogP contribution in [-0.4, -0.2) is 145 Å². The number of Topliss-reactive ketones (excluding diaryl/α,β-unsaturated/α-hetero) is 2. The number of aliphatic hydroxyl groups excluding tert-OH is 3. The van der Waals surface area contributed by atoms with Crippen LogP contribution in [0.3, 0.4) is 0 Å². The summed E-state index contributed by atoms with van der Waals surface area (Å²) in [5, 5.41) is 78.3. The second-order valence-electron chi connectivity index (χ2n) is 12.4. The lowest BCUT2D eigenvalue weighted by Gasteiger charge is -2.53. The summed E-state index contributed by atoms with van der Waals surface area (Å²) in [5.41, 5.74) is -6.40. The van der Waals surface area contributed by atoms with Crippen LogP contribution < -0.4 is 5.32 Å². The Hall–Kier alpha value is -3.86. The first-order valence-electron chi connectivity index (χ1n) is 14.6. The molecule has 0 radical (unpaired) electrons. The summed E-state index contributed by atoms with van der Waals surface area (Å²) in [6.07, 6.45) is -1.93. The number of aliphatic hydroxyl groups is 5. The summed E-state index contributed by atoms with van der Waals surface area (Å²) in [6, 6.07) is 2.77. The molecule has 0 bridgehead atoms. The molecule has 1 saturated carbocycles. The first-order chi connectivity index (χ1) is 21.1. The molecular weight excluding hydrogens is 592 g/mol. The van der Waals surface area contributed by atoms with Crippen LogP contribution in [-0.2, 0) is 24.8 Å². The Morgan fingerprint density at radius 2 is 1.73 bits per heavy atom. The SMILES string of the molecule is CN(C)[C@@H]1C(=O)C(C(=O)NC(C(=O)O)N2CCN(CCO)CC2)=C(O)[C@@]2(O)C(=O)C3=C(O)c4c(O)cccc4[C@@](C)(O)[C@H]3C[C@@H]12. The molecule has 6 atom stereocenters. The van der Waals surface area contributed by atoms with Crippen LogP contribution in [0.25, 0.3) is 5.76 Å². The van der Waals surface area contributed by atoms with E-state index in [0.29, 0.717) is 19.6 Å². The average Bonchev–Trinajstić information content (AvgIpc) is 2.97. The standard InChI is InChI=1S/C30H38N4O11/c1-29(44)14-5-4-6-17(36)18(14)22(37)19-15(29)13-16-21(32(2)3)23(38)20(25(40)30(16,45)24(19)39)27(41)31-26(28(42)43)34-9-7-33(8-10-34)11-12-35/h4-6,15-16,21,26,35-37,40,44-45H,7-13H2,1-3H3,(H,31,41)(H,42,43)/t15-,16-,21-,26?,29+,30-/m0/s1. The summed E-state index contributed by atoms with van der Waals surface area (Å²) >= 11 is 0. The number of carboxylic acid groups (broad SMARTS) is 1. The van der Waals surface area contributed by atoms with Crippen LogP contribution >= 0.6 is 0 Å². The average molecular weight is 631 g/mol. The molecule has 244 valence electrons. The van der Waals surface area contributed by atoms with E-state index >= 15 is 0 Å². The van der Waals surface area contributed by atoms with E-state index in [4.69, 9.17) is 0 Å². The number of aromatic hydroxyl groups is 1. The third-order valence-corrected chi connectivity index (χ3v) is 9.69. The molecule has 8 N–H and O–H groups in total. The fourth-order valence-electron chi connectivity index (χ4n) is 7.37. The number of hydrogen-bond donors (Lipinski definition) is 8. The molecule has 1 aliphatic heterocycles. The zero-order valence-electron chi connectivity index (χ0n) is 25.1. The highest BCUT2D eigenvalue weighted by Gasteiger charge is 2.66. The number of ketones is 2. The molecule has 1 saturated heterocycles. The van der Waals surface area contributed by atoms with Crippen molar-refractivity contribution in [1.82, 2.24) is 20.0 Å². The number of carbonyl (C=O) groups is 4. The lowest BCUT2D eigenvalue weighted by atomic mass is 9.54. The quantitative estimate of drug-likeness (QED) is 0.157. The van der Waals surface area contributed by atoms with Crippen molar-refractivity contribution in [2.24, 2.45) is 11.8 Å². The molecule has 0 aromatic heterocycles. The number of rotatable bonds is 7. The highest BCUT2D eigenvalue weighted by Crippen LogP contribution is 2.57. The number of aliphatic carboxylic acids is 1. The van der Waals surface area contributed by atoms with Crippen LogP contribution in [0, 0.1) is 11.8 Å². The largest absolute Gasteiger partial charge is 0.508 e. The maximum Gasteiger partial charge on any atom is 0.341 e. The number of β-amino-alcohol motifs (C(OH)–C–C–N with tert-alkyl or cyclic N) is 1. The fraction of sp³-hybridized carbons (Fsp3) is 0.533. The number of phenolic OH excluding ortho intramolecular Hbond substituents is 1. The van der Waals surface area contributed by atoms with Gasteiger partial charge in [-0.15, -0.1) is 0 Å². The monoisotopic (exact) mass is 630 g/mol. The summed E-state index contributed by atoms with van der Waals surface area (Å²) < 4.78 is 0. The van der Waals surface area contributed by atoms with Gasteiger partial charge in [-0.2, -0.15) is 0 Å². The minimum absolute atomic E-state index is 0.0784. The number of phenols is 1. The number of hydrogen-bond acceptors (Lipinski definition) is 13. The Bertz CT molecular complexity index is 1510. The number of fused-ring (bicyclic) bond motifs is 3. The Labute approximate surface area is 258 Å². The lowest BCUT2D eigenvalue weighted by Crippen LogP contribution is -2.67. The topological polar surface area (TPSA) is 232 Å². The molecule has 1 amide bonds. The van der Waals surface area contributed by atoms with E-state index in [-0.39, 0.29) is 37.2 Å². The van der Waals surface area contributed by atoms with E-state index in [1.54, 1.807) is 0 Å². The van der Waals surface area contributed by atoms with E-state index in [9.17, 15) is 54.9 Å². The van der Waals surface area contributed by atoms with Gasteiger partial charge in [0.1, 0.15) is 22.8 Å². The number of carbonyl (C=O) groups excluding carboxylic acids is 3. The van der Waals surface area contributed by atoms with Crippen LogP contribution in [0.5, 0.6) is 5.75 Å². The van der Waals surface area contributed by atoms with E-state index in [2.05, 4.69) is 5.32 Å². The number of nitrogens with one attached hydrogen (secondary N) is 1.